The number of azo groups is 1. The number of anilines is 1. The molecule has 1 saturated heterocycles. The summed E-state index contributed by atoms with van der Waals surface area (Å²) in [7, 11) is 0. The van der Waals surface area contributed by atoms with Crippen LogP contribution in [0.1, 0.15) is 18.5 Å². The highest BCUT2D eigenvalue weighted by Gasteiger charge is 2.18. The van der Waals surface area contributed by atoms with Gasteiger partial charge in [-0.15, -0.1) is 5.11 Å². The topological polar surface area (TPSA) is 96.1 Å². The molecular weight excluding hydrogens is 428 g/mol. The molecule has 0 radical (unpaired) electrons. The lowest BCUT2D eigenvalue weighted by molar-refractivity contribution is 0.122. The Balaban J connectivity index is 1.37. The third-order valence-electron chi connectivity index (χ3n) is 6.10. The number of rotatable bonds is 5. The van der Waals surface area contributed by atoms with Gasteiger partial charge in [0.05, 0.1) is 24.9 Å². The number of aromatic nitrogens is 5. The first-order chi connectivity index (χ1) is 16.7. The summed E-state index contributed by atoms with van der Waals surface area (Å²) in [5.41, 5.74) is 4.75. The molecule has 1 aliphatic heterocycles. The van der Waals surface area contributed by atoms with Crippen molar-refractivity contribution in [3.8, 4) is 11.3 Å². The van der Waals surface area contributed by atoms with E-state index in [0.717, 1.165) is 46.9 Å². The van der Waals surface area contributed by atoms with Gasteiger partial charge >= 0.3 is 0 Å². The Hall–Kier alpha value is -4.11. The molecular formula is C25H24N8O. The standard InChI is InChI=1S/C25H24N8O/c1-17(20-3-2-18-6-9-27-21(18)14-20)29-30-23-16-25(32-10-12-34-13-11-32)33-24(28-23)15-22(31-33)19-4-7-26-8-5-19/h2-9,14-17,27H,10-13H2,1H3. The minimum Gasteiger partial charge on any atom is -0.378 e. The van der Waals surface area contributed by atoms with E-state index in [-0.39, 0.29) is 6.04 Å². The van der Waals surface area contributed by atoms with Crippen molar-refractivity contribution in [1.82, 2.24) is 24.6 Å². The molecule has 0 saturated carbocycles. The van der Waals surface area contributed by atoms with E-state index in [9.17, 15) is 0 Å². The van der Waals surface area contributed by atoms with Gasteiger partial charge < -0.3 is 14.6 Å². The highest BCUT2D eigenvalue weighted by molar-refractivity contribution is 5.80. The largest absolute Gasteiger partial charge is 0.378 e. The zero-order chi connectivity index (χ0) is 22.9. The van der Waals surface area contributed by atoms with Crippen LogP contribution in [0.2, 0.25) is 0 Å². The van der Waals surface area contributed by atoms with E-state index >= 15 is 0 Å². The lowest BCUT2D eigenvalue weighted by Gasteiger charge is -2.28. The number of hydrogen-bond acceptors (Lipinski definition) is 7. The first-order valence-electron chi connectivity index (χ1n) is 11.4. The van der Waals surface area contributed by atoms with Crippen LogP contribution in [-0.2, 0) is 4.74 Å². The van der Waals surface area contributed by atoms with Crippen molar-refractivity contribution in [1.29, 1.82) is 0 Å². The molecule has 1 unspecified atom stereocenters. The fraction of sp³-hybridized carbons (Fsp3) is 0.240. The van der Waals surface area contributed by atoms with Gasteiger partial charge in [0, 0.05) is 54.9 Å². The number of H-pyrrole nitrogens is 1. The Bertz CT molecular complexity index is 1470. The fourth-order valence-corrected chi connectivity index (χ4v) is 4.22. The lowest BCUT2D eigenvalue weighted by atomic mass is 10.1. The second kappa shape index (κ2) is 8.68. The van der Waals surface area contributed by atoms with E-state index < -0.39 is 0 Å². The molecule has 4 aromatic heterocycles. The monoisotopic (exact) mass is 452 g/mol. The average Bonchev–Trinajstić information content (AvgIpc) is 3.54. The van der Waals surface area contributed by atoms with Gasteiger partial charge in [-0.3, -0.25) is 4.98 Å². The van der Waals surface area contributed by atoms with Crippen LogP contribution in [0.4, 0.5) is 11.6 Å². The number of nitrogens with one attached hydrogen (secondary N) is 1. The molecule has 0 bridgehead atoms. The SMILES string of the molecule is CC(N=Nc1cc(N2CCOCC2)n2nc(-c3ccncc3)cc2n1)c1ccc2cc[nH]c2c1. The van der Waals surface area contributed by atoms with Crippen molar-refractivity contribution in [2.75, 3.05) is 31.2 Å². The normalized spacial score (nSPS) is 15.5. The average molecular weight is 453 g/mol. The van der Waals surface area contributed by atoms with Crippen LogP contribution >= 0.6 is 0 Å². The van der Waals surface area contributed by atoms with E-state index in [1.165, 1.54) is 5.39 Å². The third-order valence-corrected chi connectivity index (χ3v) is 6.10. The van der Waals surface area contributed by atoms with E-state index in [1.54, 1.807) is 12.4 Å². The maximum Gasteiger partial charge on any atom is 0.179 e. The first-order valence-corrected chi connectivity index (χ1v) is 11.4. The van der Waals surface area contributed by atoms with Gasteiger partial charge in [0.1, 0.15) is 5.82 Å². The van der Waals surface area contributed by atoms with Gasteiger partial charge in [-0.1, -0.05) is 12.1 Å². The second-order valence-electron chi connectivity index (χ2n) is 8.32. The molecule has 0 amide bonds. The van der Waals surface area contributed by atoms with Crippen LogP contribution in [0.25, 0.3) is 27.8 Å². The molecule has 1 aliphatic rings. The van der Waals surface area contributed by atoms with Gasteiger partial charge in [-0.05, 0) is 42.1 Å². The number of hydrogen-bond donors (Lipinski definition) is 1. The molecule has 34 heavy (non-hydrogen) atoms. The predicted molar refractivity (Wildman–Crippen MR) is 130 cm³/mol. The summed E-state index contributed by atoms with van der Waals surface area (Å²) in [5.74, 6) is 1.49. The van der Waals surface area contributed by atoms with Crippen molar-refractivity contribution in [2.24, 2.45) is 10.2 Å². The second-order valence-corrected chi connectivity index (χ2v) is 8.32. The Morgan fingerprint density at radius 3 is 2.74 bits per heavy atom. The molecule has 1 atom stereocenters. The van der Waals surface area contributed by atoms with E-state index in [2.05, 4.69) is 49.4 Å². The van der Waals surface area contributed by atoms with Crippen LogP contribution in [0.15, 0.2) is 77.3 Å². The quantitative estimate of drug-likeness (QED) is 0.381. The summed E-state index contributed by atoms with van der Waals surface area (Å²) in [5, 5.41) is 15.1. The summed E-state index contributed by atoms with van der Waals surface area (Å²) in [6, 6.07) is 16.1. The molecule has 6 rings (SSSR count). The maximum absolute atomic E-state index is 5.55. The summed E-state index contributed by atoms with van der Waals surface area (Å²) >= 11 is 0. The minimum atomic E-state index is -0.102. The lowest BCUT2D eigenvalue weighted by Crippen LogP contribution is -2.37. The zero-order valence-electron chi connectivity index (χ0n) is 18.8. The molecule has 0 aliphatic carbocycles. The molecule has 1 fully saturated rings. The Labute approximate surface area is 196 Å². The number of ether oxygens (including phenoxy) is 1. The number of fused-ring (bicyclic) bond motifs is 2. The molecule has 5 aromatic rings. The minimum absolute atomic E-state index is 0.102. The Morgan fingerprint density at radius 2 is 1.88 bits per heavy atom. The van der Waals surface area contributed by atoms with Crippen molar-refractivity contribution in [3.05, 3.63) is 72.7 Å². The van der Waals surface area contributed by atoms with Crippen LogP contribution in [0, 0.1) is 0 Å². The van der Waals surface area contributed by atoms with E-state index in [4.69, 9.17) is 14.8 Å². The highest BCUT2D eigenvalue weighted by atomic mass is 16.5. The fourth-order valence-electron chi connectivity index (χ4n) is 4.22. The third kappa shape index (κ3) is 3.90. The molecule has 170 valence electrons. The predicted octanol–water partition coefficient (Wildman–Crippen LogP) is 4.95. The summed E-state index contributed by atoms with van der Waals surface area (Å²) in [6.07, 6.45) is 5.47. The number of aromatic amines is 1. The van der Waals surface area contributed by atoms with E-state index in [1.807, 2.05) is 41.9 Å². The van der Waals surface area contributed by atoms with Gasteiger partial charge in [0.25, 0.3) is 0 Å². The molecule has 1 aromatic carbocycles. The van der Waals surface area contributed by atoms with Gasteiger partial charge in [-0.2, -0.15) is 14.7 Å². The Morgan fingerprint density at radius 1 is 1.03 bits per heavy atom. The Kier molecular flexibility index (Phi) is 5.23. The summed E-state index contributed by atoms with van der Waals surface area (Å²) < 4.78 is 7.43. The molecule has 5 heterocycles. The number of benzene rings is 1. The maximum atomic E-state index is 5.55. The summed E-state index contributed by atoms with van der Waals surface area (Å²) in [6.45, 7) is 4.96. The first kappa shape index (κ1) is 20.5. The highest BCUT2D eigenvalue weighted by Crippen LogP contribution is 2.28. The van der Waals surface area contributed by atoms with Gasteiger partial charge in [0.2, 0.25) is 0 Å². The zero-order valence-corrected chi connectivity index (χ0v) is 18.8. The van der Waals surface area contributed by atoms with Crippen LogP contribution in [-0.4, -0.2) is 50.9 Å². The molecule has 0 spiro atoms. The number of pyridine rings is 1. The van der Waals surface area contributed by atoms with Crippen molar-refractivity contribution in [3.63, 3.8) is 0 Å². The smallest absolute Gasteiger partial charge is 0.179 e. The number of morpholine rings is 1. The van der Waals surface area contributed by atoms with Gasteiger partial charge in [0.15, 0.2) is 11.5 Å². The van der Waals surface area contributed by atoms with Crippen LogP contribution < -0.4 is 4.90 Å². The van der Waals surface area contributed by atoms with Crippen molar-refractivity contribution < 1.29 is 4.74 Å². The van der Waals surface area contributed by atoms with E-state index in [0.29, 0.717) is 19.0 Å². The van der Waals surface area contributed by atoms with Crippen LogP contribution in [0.5, 0.6) is 0 Å². The number of nitrogens with zero attached hydrogens (tertiary/aromatic N) is 7. The summed E-state index contributed by atoms with van der Waals surface area (Å²) in [4.78, 5) is 14.4. The molecule has 1 N–H and O–H groups in total. The van der Waals surface area contributed by atoms with Crippen molar-refractivity contribution >= 4 is 28.2 Å². The molecule has 9 heteroatoms. The van der Waals surface area contributed by atoms with Crippen LogP contribution in [0.3, 0.4) is 0 Å². The molecule has 9 nitrogen and oxygen atoms in total. The van der Waals surface area contributed by atoms with Gasteiger partial charge in [-0.25, -0.2) is 4.98 Å². The van der Waals surface area contributed by atoms with Crippen molar-refractivity contribution in [2.45, 2.75) is 13.0 Å².